The number of amides is 2. The van der Waals surface area contributed by atoms with Crippen LogP contribution < -0.4 is 5.32 Å². The molecule has 7 nitrogen and oxygen atoms in total. The lowest BCUT2D eigenvalue weighted by Crippen LogP contribution is -2.47. The third-order valence-corrected chi connectivity index (χ3v) is 5.96. The quantitative estimate of drug-likeness (QED) is 0.843. The van der Waals surface area contributed by atoms with Crippen molar-refractivity contribution in [1.29, 1.82) is 0 Å². The van der Waals surface area contributed by atoms with Gasteiger partial charge in [0.25, 0.3) is 0 Å². The van der Waals surface area contributed by atoms with Crippen LogP contribution in [0.3, 0.4) is 0 Å². The zero-order valence-corrected chi connectivity index (χ0v) is 14.8. The summed E-state index contributed by atoms with van der Waals surface area (Å²) in [5.74, 6) is -2.58. The molecule has 1 aliphatic heterocycles. The van der Waals surface area contributed by atoms with Crippen LogP contribution >= 0.6 is 0 Å². The first-order valence-corrected chi connectivity index (χ1v) is 9.60. The Morgan fingerprint density at radius 1 is 1.36 bits per heavy atom. The van der Waals surface area contributed by atoms with Crippen LogP contribution in [0.2, 0.25) is 0 Å². The van der Waals surface area contributed by atoms with E-state index in [1.807, 2.05) is 6.92 Å². The number of aliphatic carboxylic acids is 1. The molecule has 0 saturated carbocycles. The molecule has 1 aliphatic rings. The van der Waals surface area contributed by atoms with Gasteiger partial charge in [-0.3, -0.25) is 4.79 Å². The second kappa shape index (κ2) is 7.38. The summed E-state index contributed by atoms with van der Waals surface area (Å²) >= 11 is 0. The van der Waals surface area contributed by atoms with Crippen molar-refractivity contribution in [1.82, 2.24) is 4.90 Å². The van der Waals surface area contributed by atoms with E-state index in [1.54, 1.807) is 0 Å². The minimum absolute atomic E-state index is 0.00710. The van der Waals surface area contributed by atoms with E-state index in [0.717, 1.165) is 12.1 Å². The molecule has 0 bridgehead atoms. The standard InChI is InChI=1S/C16H21FN2O5S/c1-3-25(23,24)14-7-12(17)4-5-13(14)18-16(22)19-8-10(2)6-11(9-19)15(20)21/h4-5,7,10-11H,3,6,8-9H2,1-2H3,(H,18,22)(H,20,21). The fourth-order valence-corrected chi connectivity index (χ4v) is 3.96. The average molecular weight is 372 g/mol. The van der Waals surface area contributed by atoms with Crippen LogP contribution in [-0.4, -0.2) is 49.3 Å². The van der Waals surface area contributed by atoms with E-state index < -0.39 is 33.6 Å². The minimum Gasteiger partial charge on any atom is -0.481 e. The van der Waals surface area contributed by atoms with Crippen LogP contribution in [0.4, 0.5) is 14.9 Å². The summed E-state index contributed by atoms with van der Waals surface area (Å²) in [4.78, 5) is 24.7. The summed E-state index contributed by atoms with van der Waals surface area (Å²) in [7, 11) is -3.73. The van der Waals surface area contributed by atoms with Crippen molar-refractivity contribution in [2.45, 2.75) is 25.2 Å². The molecule has 2 atom stereocenters. The zero-order chi connectivity index (χ0) is 18.8. The Hall–Kier alpha value is -2.16. The summed E-state index contributed by atoms with van der Waals surface area (Å²) in [6.45, 7) is 3.69. The summed E-state index contributed by atoms with van der Waals surface area (Å²) in [5, 5.41) is 11.7. The van der Waals surface area contributed by atoms with E-state index in [4.69, 9.17) is 0 Å². The highest BCUT2D eigenvalue weighted by molar-refractivity contribution is 7.91. The molecular weight excluding hydrogens is 351 g/mol. The van der Waals surface area contributed by atoms with Gasteiger partial charge in [0.05, 0.1) is 22.3 Å². The number of halogens is 1. The number of carbonyl (C=O) groups is 2. The molecule has 0 aromatic heterocycles. The predicted octanol–water partition coefficient (Wildman–Crippen LogP) is 2.19. The monoisotopic (exact) mass is 372 g/mol. The van der Waals surface area contributed by atoms with E-state index in [-0.39, 0.29) is 28.8 Å². The van der Waals surface area contributed by atoms with Crippen LogP contribution in [0.1, 0.15) is 20.3 Å². The zero-order valence-electron chi connectivity index (χ0n) is 14.0. The number of urea groups is 1. The number of carboxylic acid groups (broad SMARTS) is 1. The molecule has 25 heavy (non-hydrogen) atoms. The topological polar surface area (TPSA) is 104 Å². The van der Waals surface area contributed by atoms with Crippen molar-refractivity contribution in [2.24, 2.45) is 11.8 Å². The predicted molar refractivity (Wildman–Crippen MR) is 89.6 cm³/mol. The molecule has 0 spiro atoms. The van der Waals surface area contributed by atoms with Gasteiger partial charge in [-0.25, -0.2) is 17.6 Å². The molecule has 2 N–H and O–H groups in total. The second-order valence-corrected chi connectivity index (χ2v) is 8.50. The van der Waals surface area contributed by atoms with E-state index in [9.17, 15) is 27.5 Å². The number of anilines is 1. The summed E-state index contributed by atoms with van der Waals surface area (Å²) in [6.07, 6.45) is 0.477. The highest BCUT2D eigenvalue weighted by Gasteiger charge is 2.32. The molecule has 9 heteroatoms. The summed E-state index contributed by atoms with van der Waals surface area (Å²) in [5.41, 5.74) is -0.0154. The van der Waals surface area contributed by atoms with Crippen molar-refractivity contribution in [3.8, 4) is 0 Å². The number of sulfone groups is 1. The average Bonchev–Trinajstić information content (AvgIpc) is 2.55. The van der Waals surface area contributed by atoms with Crippen LogP contribution in [-0.2, 0) is 14.6 Å². The SMILES string of the molecule is CCS(=O)(=O)c1cc(F)ccc1NC(=O)N1CC(C)CC(C(=O)O)C1. The smallest absolute Gasteiger partial charge is 0.321 e. The van der Waals surface area contributed by atoms with Gasteiger partial charge in [-0.1, -0.05) is 13.8 Å². The first-order chi connectivity index (χ1) is 11.6. The molecule has 1 aromatic rings. The first kappa shape index (κ1) is 19.2. The molecule has 1 saturated heterocycles. The molecule has 0 radical (unpaired) electrons. The maximum absolute atomic E-state index is 13.4. The van der Waals surface area contributed by atoms with Gasteiger partial charge in [0.1, 0.15) is 5.82 Å². The lowest BCUT2D eigenvalue weighted by Gasteiger charge is -2.34. The van der Waals surface area contributed by atoms with E-state index in [2.05, 4.69) is 5.32 Å². The van der Waals surface area contributed by atoms with Crippen molar-refractivity contribution in [2.75, 3.05) is 24.2 Å². The summed E-state index contributed by atoms with van der Waals surface area (Å²) in [6, 6.07) is 2.52. The summed E-state index contributed by atoms with van der Waals surface area (Å²) < 4.78 is 37.7. The number of hydrogen-bond acceptors (Lipinski definition) is 4. The molecular formula is C16H21FN2O5S. The van der Waals surface area contributed by atoms with E-state index in [1.165, 1.54) is 17.9 Å². The molecule has 2 amide bonds. The van der Waals surface area contributed by atoms with E-state index >= 15 is 0 Å². The molecule has 1 heterocycles. The lowest BCUT2D eigenvalue weighted by molar-refractivity contribution is -0.143. The number of nitrogens with zero attached hydrogens (tertiary/aromatic N) is 1. The van der Waals surface area contributed by atoms with Gasteiger partial charge in [-0.15, -0.1) is 0 Å². The Kier molecular flexibility index (Phi) is 5.66. The molecule has 138 valence electrons. The van der Waals surface area contributed by atoms with Gasteiger partial charge in [0.15, 0.2) is 9.84 Å². The number of nitrogens with one attached hydrogen (secondary N) is 1. The molecule has 2 unspecified atom stereocenters. The van der Waals surface area contributed by atoms with Gasteiger partial charge >= 0.3 is 12.0 Å². The lowest BCUT2D eigenvalue weighted by atomic mass is 9.91. The van der Waals surface area contributed by atoms with E-state index in [0.29, 0.717) is 13.0 Å². The van der Waals surface area contributed by atoms with Crippen molar-refractivity contribution in [3.63, 3.8) is 0 Å². The van der Waals surface area contributed by atoms with Crippen LogP contribution in [0.5, 0.6) is 0 Å². The number of piperidine rings is 1. The third kappa shape index (κ3) is 4.47. The Morgan fingerprint density at radius 3 is 2.64 bits per heavy atom. The van der Waals surface area contributed by atoms with Crippen molar-refractivity contribution in [3.05, 3.63) is 24.0 Å². The van der Waals surface area contributed by atoms with Crippen molar-refractivity contribution < 1.29 is 27.5 Å². The molecule has 1 fully saturated rings. The molecule has 1 aromatic carbocycles. The van der Waals surface area contributed by atoms with Crippen molar-refractivity contribution >= 4 is 27.5 Å². The number of benzene rings is 1. The first-order valence-electron chi connectivity index (χ1n) is 7.95. The number of rotatable bonds is 4. The highest BCUT2D eigenvalue weighted by Crippen LogP contribution is 2.26. The largest absolute Gasteiger partial charge is 0.481 e. The molecule has 2 rings (SSSR count). The normalized spacial score (nSPS) is 21.0. The Labute approximate surface area is 145 Å². The highest BCUT2D eigenvalue weighted by atomic mass is 32.2. The van der Waals surface area contributed by atoms with Gasteiger partial charge in [0.2, 0.25) is 0 Å². The van der Waals surface area contributed by atoms with Crippen LogP contribution in [0, 0.1) is 17.7 Å². The molecule has 0 aliphatic carbocycles. The van der Waals surface area contributed by atoms with Crippen LogP contribution in [0.15, 0.2) is 23.1 Å². The van der Waals surface area contributed by atoms with Gasteiger partial charge in [-0.2, -0.15) is 0 Å². The Morgan fingerprint density at radius 2 is 2.04 bits per heavy atom. The number of hydrogen-bond donors (Lipinski definition) is 2. The number of carbonyl (C=O) groups excluding carboxylic acids is 1. The Bertz CT molecular complexity index is 781. The van der Waals surface area contributed by atoms with Gasteiger partial charge in [0, 0.05) is 13.1 Å². The minimum atomic E-state index is -3.73. The fraction of sp³-hybridized carbons (Fsp3) is 0.500. The third-order valence-electron chi connectivity index (χ3n) is 4.20. The maximum atomic E-state index is 13.4. The second-order valence-electron chi connectivity index (χ2n) is 6.26. The number of likely N-dealkylation sites (tertiary alicyclic amines) is 1. The Balaban J connectivity index is 2.25. The fourth-order valence-electron chi connectivity index (χ4n) is 2.90. The van der Waals surface area contributed by atoms with Gasteiger partial charge in [-0.05, 0) is 30.5 Å². The van der Waals surface area contributed by atoms with Gasteiger partial charge < -0.3 is 15.3 Å². The number of carboxylic acids is 1. The maximum Gasteiger partial charge on any atom is 0.321 e. The van der Waals surface area contributed by atoms with Crippen LogP contribution in [0.25, 0.3) is 0 Å².